The molecule has 0 aromatic heterocycles. The van der Waals surface area contributed by atoms with Crippen LogP contribution in [0.2, 0.25) is 0 Å². The molecule has 4 fully saturated rings. The van der Waals surface area contributed by atoms with Gasteiger partial charge in [-0.25, -0.2) is 0 Å². The van der Waals surface area contributed by atoms with E-state index in [1.54, 1.807) is 0 Å². The lowest BCUT2D eigenvalue weighted by Crippen LogP contribution is -2.54. The van der Waals surface area contributed by atoms with Crippen LogP contribution < -0.4 is 10.6 Å². The lowest BCUT2D eigenvalue weighted by atomic mass is 9.48. The molecule has 2 N–H and O–H groups in total. The predicted octanol–water partition coefficient (Wildman–Crippen LogP) is 4.94. The second kappa shape index (κ2) is 7.18. The molecule has 1 aromatic rings. The average molecular weight is 498 g/mol. The van der Waals surface area contributed by atoms with Gasteiger partial charge in [-0.15, -0.1) is 0 Å². The molecule has 2 atom stereocenters. The second-order valence-corrected chi connectivity index (χ2v) is 11.7. The van der Waals surface area contributed by atoms with Crippen molar-refractivity contribution in [2.24, 2.45) is 17.3 Å². The van der Waals surface area contributed by atoms with Gasteiger partial charge in [-0.1, -0.05) is 31.9 Å². The molecule has 0 radical (unpaired) electrons. The van der Waals surface area contributed by atoms with Crippen LogP contribution >= 0.6 is 31.9 Å². The molecule has 146 valence electrons. The van der Waals surface area contributed by atoms with Crippen molar-refractivity contribution in [1.82, 2.24) is 5.32 Å². The van der Waals surface area contributed by atoms with Crippen LogP contribution in [0.25, 0.3) is 0 Å². The molecule has 4 nitrogen and oxygen atoms in total. The first kappa shape index (κ1) is 19.4. The number of anilines is 1. The first-order chi connectivity index (χ1) is 12.7. The van der Waals surface area contributed by atoms with E-state index in [1.807, 2.05) is 25.1 Å². The van der Waals surface area contributed by atoms with Crippen molar-refractivity contribution >= 4 is 49.4 Å². The van der Waals surface area contributed by atoms with Crippen molar-refractivity contribution in [2.75, 3.05) is 11.9 Å². The molecule has 4 aliphatic rings. The maximum Gasteiger partial charge on any atom is 0.243 e. The van der Waals surface area contributed by atoms with Crippen molar-refractivity contribution in [2.45, 2.75) is 56.2 Å². The summed E-state index contributed by atoms with van der Waals surface area (Å²) in [6, 6.07) is 5.71. The lowest BCUT2D eigenvalue weighted by Gasteiger charge is -2.60. The van der Waals surface area contributed by atoms with Crippen LogP contribution in [0.15, 0.2) is 22.7 Å². The van der Waals surface area contributed by atoms with Gasteiger partial charge in [0.15, 0.2) is 0 Å². The van der Waals surface area contributed by atoms with Crippen LogP contribution in [-0.4, -0.2) is 22.7 Å². The lowest BCUT2D eigenvalue weighted by molar-refractivity contribution is -0.130. The Labute approximate surface area is 177 Å². The summed E-state index contributed by atoms with van der Waals surface area (Å²) in [4.78, 5) is 24.8. The van der Waals surface area contributed by atoms with Gasteiger partial charge in [0.05, 0.1) is 6.54 Å². The van der Waals surface area contributed by atoms with Gasteiger partial charge < -0.3 is 10.6 Å². The number of benzene rings is 1. The van der Waals surface area contributed by atoms with E-state index < -0.39 is 0 Å². The highest BCUT2D eigenvalue weighted by molar-refractivity contribution is 9.10. The van der Waals surface area contributed by atoms with Gasteiger partial charge in [0.25, 0.3) is 0 Å². The van der Waals surface area contributed by atoms with Gasteiger partial charge in [0.1, 0.15) is 0 Å². The normalized spacial score (nSPS) is 33.7. The Morgan fingerprint density at radius 2 is 1.85 bits per heavy atom. The molecule has 5 rings (SSSR count). The number of rotatable bonds is 5. The van der Waals surface area contributed by atoms with E-state index in [1.165, 1.54) is 32.1 Å². The van der Waals surface area contributed by atoms with Crippen LogP contribution in [-0.2, 0) is 9.59 Å². The Kier molecular flexibility index (Phi) is 5.17. The molecule has 27 heavy (non-hydrogen) atoms. The fraction of sp³-hybridized carbons (Fsp3) is 0.619. The molecule has 2 unspecified atom stereocenters. The monoisotopic (exact) mass is 496 g/mol. The topological polar surface area (TPSA) is 58.2 Å². The third-order valence-electron chi connectivity index (χ3n) is 6.56. The van der Waals surface area contributed by atoms with Gasteiger partial charge in [0.2, 0.25) is 11.8 Å². The largest absolute Gasteiger partial charge is 0.347 e. The Morgan fingerprint density at radius 1 is 1.15 bits per heavy atom. The third-order valence-corrected chi connectivity index (χ3v) is 7.98. The molecule has 0 aliphatic heterocycles. The van der Waals surface area contributed by atoms with E-state index in [2.05, 4.69) is 42.5 Å². The van der Waals surface area contributed by atoms with Crippen molar-refractivity contribution in [3.05, 3.63) is 28.2 Å². The summed E-state index contributed by atoms with van der Waals surface area (Å²) in [6.45, 7) is 1.97. The van der Waals surface area contributed by atoms with Gasteiger partial charge in [-0.05, 0) is 86.5 Å². The molecule has 6 heteroatoms. The van der Waals surface area contributed by atoms with Gasteiger partial charge >= 0.3 is 0 Å². The summed E-state index contributed by atoms with van der Waals surface area (Å²) in [5.74, 6) is 1.36. The highest BCUT2D eigenvalue weighted by atomic mass is 79.9. The van der Waals surface area contributed by atoms with Crippen LogP contribution in [0, 0.1) is 24.2 Å². The Hall–Kier alpha value is -0.880. The van der Waals surface area contributed by atoms with Crippen molar-refractivity contribution in [3.63, 3.8) is 0 Å². The number of hydrogen-bond donors (Lipinski definition) is 2. The number of nitrogens with one attached hydrogen (secondary N) is 2. The summed E-state index contributed by atoms with van der Waals surface area (Å²) < 4.78 is 1.24. The molecule has 0 saturated heterocycles. The molecule has 4 aliphatic carbocycles. The van der Waals surface area contributed by atoms with Crippen LogP contribution in [0.1, 0.15) is 50.5 Å². The minimum atomic E-state index is -0.184. The van der Waals surface area contributed by atoms with E-state index in [9.17, 15) is 9.59 Å². The van der Waals surface area contributed by atoms with E-state index in [4.69, 9.17) is 0 Å². The summed E-state index contributed by atoms with van der Waals surface area (Å²) in [6.07, 6.45) is 7.88. The minimum absolute atomic E-state index is 0.00993. The van der Waals surface area contributed by atoms with Crippen LogP contribution in [0.5, 0.6) is 0 Å². The first-order valence-electron chi connectivity index (χ1n) is 9.76. The molecule has 1 aromatic carbocycles. The SMILES string of the molecule is Cc1cc(Br)ccc1NC(=O)CNC(=O)CC12CC3CC(CC(Br)(C3)C1)C2. The number of alkyl halides is 1. The highest BCUT2D eigenvalue weighted by Gasteiger charge is 2.57. The van der Waals surface area contributed by atoms with E-state index in [0.717, 1.165) is 34.0 Å². The summed E-state index contributed by atoms with van der Waals surface area (Å²) >= 11 is 7.41. The highest BCUT2D eigenvalue weighted by Crippen LogP contribution is 2.65. The smallest absolute Gasteiger partial charge is 0.243 e. The maximum atomic E-state index is 12.6. The van der Waals surface area contributed by atoms with Gasteiger partial charge in [-0.2, -0.15) is 0 Å². The number of halogens is 2. The average Bonchev–Trinajstić information content (AvgIpc) is 2.53. The van der Waals surface area contributed by atoms with Crippen molar-refractivity contribution in [1.29, 1.82) is 0 Å². The summed E-state index contributed by atoms with van der Waals surface area (Å²) in [7, 11) is 0. The number of carbonyl (C=O) groups is 2. The first-order valence-corrected chi connectivity index (χ1v) is 11.3. The van der Waals surface area contributed by atoms with Gasteiger partial charge in [0, 0.05) is 20.9 Å². The molecular formula is C21H26Br2N2O2. The molecule has 0 heterocycles. The zero-order valence-corrected chi connectivity index (χ0v) is 18.8. The molecule has 2 amide bonds. The Morgan fingerprint density at radius 3 is 2.48 bits per heavy atom. The number of amides is 2. The van der Waals surface area contributed by atoms with E-state index in [-0.39, 0.29) is 28.1 Å². The predicted molar refractivity (Wildman–Crippen MR) is 114 cm³/mol. The fourth-order valence-electron chi connectivity index (χ4n) is 6.09. The number of carbonyl (C=O) groups excluding carboxylic acids is 2. The van der Waals surface area contributed by atoms with Crippen LogP contribution in [0.3, 0.4) is 0 Å². The van der Waals surface area contributed by atoms with Crippen molar-refractivity contribution < 1.29 is 9.59 Å². The Bertz CT molecular complexity index is 765. The van der Waals surface area contributed by atoms with Crippen molar-refractivity contribution in [3.8, 4) is 0 Å². The van der Waals surface area contributed by atoms with Gasteiger partial charge in [-0.3, -0.25) is 9.59 Å². The standard InChI is InChI=1S/C21H26Br2N2O2/c1-13-4-16(22)2-3-17(13)25-19(27)11-24-18(26)10-20-6-14-5-15(7-20)9-21(23,8-14)12-20/h2-4,14-15H,5-12H2,1H3,(H,24,26)(H,25,27). The number of hydrogen-bond acceptors (Lipinski definition) is 2. The third kappa shape index (κ3) is 4.26. The molecule has 4 saturated carbocycles. The van der Waals surface area contributed by atoms with Crippen LogP contribution in [0.4, 0.5) is 5.69 Å². The maximum absolute atomic E-state index is 12.6. The minimum Gasteiger partial charge on any atom is -0.347 e. The Balaban J connectivity index is 1.30. The zero-order chi connectivity index (χ0) is 19.2. The molecule has 0 spiro atoms. The quantitative estimate of drug-likeness (QED) is 0.566. The van der Waals surface area contributed by atoms with E-state index in [0.29, 0.717) is 6.42 Å². The summed E-state index contributed by atoms with van der Waals surface area (Å²) in [5.41, 5.74) is 1.90. The fourth-order valence-corrected chi connectivity index (χ4v) is 8.07. The second-order valence-electron chi connectivity index (χ2n) is 9.07. The molecule has 4 bridgehead atoms. The molecular weight excluding hydrogens is 472 g/mol. The number of aryl methyl sites for hydroxylation is 1. The van der Waals surface area contributed by atoms with E-state index >= 15 is 0 Å². The summed E-state index contributed by atoms with van der Waals surface area (Å²) in [5, 5.41) is 5.72. The zero-order valence-electron chi connectivity index (χ0n) is 15.6.